The van der Waals surface area contributed by atoms with Crippen LogP contribution in [0.3, 0.4) is 0 Å². The van der Waals surface area contributed by atoms with Gasteiger partial charge in [-0.05, 0) is 11.4 Å². The van der Waals surface area contributed by atoms with Crippen LogP contribution in [0, 0.1) is 0 Å². The molecule has 1 amide bonds. The van der Waals surface area contributed by atoms with Crippen LogP contribution < -0.4 is 10.4 Å². The van der Waals surface area contributed by atoms with Crippen LogP contribution in [0.2, 0.25) is 0 Å². The Balaban J connectivity index is 2.06. The molecule has 5 nitrogen and oxygen atoms in total. The van der Waals surface area contributed by atoms with Crippen molar-refractivity contribution in [3.05, 3.63) is 35.2 Å². The third-order valence-corrected chi connectivity index (χ3v) is 2.71. The van der Waals surface area contributed by atoms with Crippen molar-refractivity contribution < 1.29 is 9.89 Å². The molecule has 0 aromatic carbocycles. The third kappa shape index (κ3) is 2.10. The molecule has 6 heteroatoms. The number of hydrogen-bond acceptors (Lipinski definition) is 3. The minimum absolute atomic E-state index is 0.252. The second-order valence-electron chi connectivity index (χ2n) is 2.81. The monoisotopic (exact) mass is 221 g/mol. The van der Waals surface area contributed by atoms with Crippen molar-refractivity contribution in [2.75, 3.05) is 5.32 Å². The third-order valence-electron chi connectivity index (χ3n) is 1.78. The van der Waals surface area contributed by atoms with Crippen LogP contribution in [0.5, 0.6) is 0 Å². The van der Waals surface area contributed by atoms with E-state index < -0.39 is 0 Å². The van der Waals surface area contributed by atoms with Gasteiger partial charge in [0, 0.05) is 10.5 Å². The molecule has 0 fully saturated rings. The van der Waals surface area contributed by atoms with E-state index >= 15 is 0 Å². The molecule has 0 spiro atoms. The highest BCUT2D eigenvalue weighted by atomic mass is 32.1. The summed E-state index contributed by atoms with van der Waals surface area (Å²) < 4.78 is 0. The molecule has 0 bridgehead atoms. The van der Waals surface area contributed by atoms with E-state index in [1.807, 2.05) is 17.5 Å². The molecule has 0 radical (unpaired) electrons. The SMILES string of the molecule is C=C(C(=O)Nc1c[nH+][nH]n1)c1cccs1. The Bertz CT molecular complexity index is 460. The second kappa shape index (κ2) is 4.05. The summed E-state index contributed by atoms with van der Waals surface area (Å²) in [5.74, 6) is 0.190. The van der Waals surface area contributed by atoms with Gasteiger partial charge in [0.05, 0.1) is 5.10 Å². The predicted molar refractivity (Wildman–Crippen MR) is 57.1 cm³/mol. The quantitative estimate of drug-likeness (QED) is 0.757. The van der Waals surface area contributed by atoms with Gasteiger partial charge in [-0.3, -0.25) is 10.1 Å². The normalized spacial score (nSPS) is 9.87. The Hall–Kier alpha value is -1.95. The average molecular weight is 221 g/mol. The zero-order valence-corrected chi connectivity index (χ0v) is 8.60. The van der Waals surface area contributed by atoms with Gasteiger partial charge in [0.2, 0.25) is 0 Å². The van der Waals surface area contributed by atoms with E-state index in [0.717, 1.165) is 4.88 Å². The highest BCUT2D eigenvalue weighted by molar-refractivity contribution is 7.11. The largest absolute Gasteiger partial charge is 0.314 e. The minimum Gasteiger partial charge on any atom is -0.280 e. The summed E-state index contributed by atoms with van der Waals surface area (Å²) in [4.78, 5) is 12.5. The maximum Gasteiger partial charge on any atom is 0.314 e. The molecule has 2 aromatic rings. The molecule has 0 saturated heterocycles. The van der Waals surface area contributed by atoms with Crippen LogP contribution in [0.1, 0.15) is 4.88 Å². The van der Waals surface area contributed by atoms with Gasteiger partial charge in [-0.1, -0.05) is 17.9 Å². The predicted octanol–water partition coefficient (Wildman–Crippen LogP) is 0.937. The fourth-order valence-electron chi connectivity index (χ4n) is 1.04. The lowest BCUT2D eigenvalue weighted by Crippen LogP contribution is -2.12. The van der Waals surface area contributed by atoms with Crippen molar-refractivity contribution in [2.45, 2.75) is 0 Å². The van der Waals surface area contributed by atoms with Gasteiger partial charge >= 0.3 is 5.82 Å². The molecule has 0 aliphatic heterocycles. The maximum absolute atomic E-state index is 11.6. The molecule has 0 atom stereocenters. The fourth-order valence-corrected chi connectivity index (χ4v) is 1.74. The Morgan fingerprint density at radius 3 is 3.13 bits per heavy atom. The Morgan fingerprint density at radius 1 is 1.67 bits per heavy atom. The molecule has 2 rings (SSSR count). The van der Waals surface area contributed by atoms with Crippen molar-refractivity contribution in [3.8, 4) is 0 Å². The van der Waals surface area contributed by atoms with Gasteiger partial charge in [-0.15, -0.1) is 11.3 Å². The van der Waals surface area contributed by atoms with Crippen LogP contribution >= 0.6 is 11.3 Å². The molecule has 0 unspecified atom stereocenters. The molecular formula is C9H9N4OS+. The molecule has 0 aliphatic carbocycles. The molecular weight excluding hydrogens is 212 g/mol. The summed E-state index contributed by atoms with van der Waals surface area (Å²) in [5.41, 5.74) is 0.438. The zero-order chi connectivity index (χ0) is 10.7. The molecule has 3 N–H and O–H groups in total. The highest BCUT2D eigenvalue weighted by Crippen LogP contribution is 2.19. The summed E-state index contributed by atoms with van der Waals surface area (Å²) in [6, 6.07) is 3.73. The molecule has 15 heavy (non-hydrogen) atoms. The van der Waals surface area contributed by atoms with Crippen molar-refractivity contribution in [2.24, 2.45) is 0 Å². The smallest absolute Gasteiger partial charge is 0.280 e. The lowest BCUT2D eigenvalue weighted by Gasteiger charge is -1.99. The Morgan fingerprint density at radius 2 is 2.53 bits per heavy atom. The van der Waals surface area contributed by atoms with Crippen molar-refractivity contribution >= 4 is 28.6 Å². The molecule has 76 valence electrons. The van der Waals surface area contributed by atoms with E-state index in [0.29, 0.717) is 11.4 Å². The Labute approximate surface area is 89.8 Å². The van der Waals surface area contributed by atoms with Crippen LogP contribution in [-0.4, -0.2) is 16.2 Å². The minimum atomic E-state index is -0.252. The first kappa shape index (κ1) is 9.60. The first-order chi connectivity index (χ1) is 7.27. The summed E-state index contributed by atoms with van der Waals surface area (Å²) in [5, 5.41) is 13.4. The van der Waals surface area contributed by atoms with Crippen LogP contribution in [0.25, 0.3) is 5.57 Å². The molecule has 2 aromatic heterocycles. The lowest BCUT2D eigenvalue weighted by molar-refractivity contribution is -0.454. The summed E-state index contributed by atoms with van der Waals surface area (Å²) in [7, 11) is 0. The topological polar surface area (TPSA) is 71.9 Å². The fraction of sp³-hybridized carbons (Fsp3) is 0. The van der Waals surface area contributed by atoms with E-state index in [9.17, 15) is 4.79 Å². The lowest BCUT2D eigenvalue weighted by atomic mass is 10.2. The van der Waals surface area contributed by atoms with Gasteiger partial charge in [0.25, 0.3) is 5.91 Å². The van der Waals surface area contributed by atoms with Gasteiger partial charge in [-0.2, -0.15) is 5.10 Å². The first-order valence-corrected chi connectivity index (χ1v) is 5.11. The number of thiophene rings is 1. The van der Waals surface area contributed by atoms with Crippen molar-refractivity contribution in [1.29, 1.82) is 0 Å². The number of H-pyrrole nitrogens is 2. The number of rotatable bonds is 3. The van der Waals surface area contributed by atoms with Crippen LogP contribution in [0.4, 0.5) is 5.82 Å². The number of aromatic amines is 2. The number of amides is 1. The van der Waals surface area contributed by atoms with E-state index in [-0.39, 0.29) is 5.91 Å². The number of nitrogens with one attached hydrogen (secondary N) is 3. The van der Waals surface area contributed by atoms with Crippen LogP contribution in [0.15, 0.2) is 30.3 Å². The van der Waals surface area contributed by atoms with Crippen molar-refractivity contribution in [1.82, 2.24) is 10.3 Å². The Kier molecular flexibility index (Phi) is 2.59. The molecule has 2 heterocycles. The highest BCUT2D eigenvalue weighted by Gasteiger charge is 2.14. The molecule has 0 saturated carbocycles. The second-order valence-corrected chi connectivity index (χ2v) is 3.76. The molecule has 0 aliphatic rings. The summed E-state index contributed by atoms with van der Waals surface area (Å²) in [6.45, 7) is 3.73. The van der Waals surface area contributed by atoms with E-state index in [1.54, 1.807) is 6.20 Å². The number of aromatic nitrogens is 3. The van der Waals surface area contributed by atoms with Gasteiger partial charge in [0.15, 0.2) is 6.20 Å². The van der Waals surface area contributed by atoms with Crippen LogP contribution in [-0.2, 0) is 4.79 Å². The average Bonchev–Trinajstić information content (AvgIpc) is 2.88. The maximum atomic E-state index is 11.6. The summed E-state index contributed by atoms with van der Waals surface area (Å²) >= 11 is 1.48. The van der Waals surface area contributed by atoms with E-state index in [1.165, 1.54) is 11.3 Å². The standard InChI is InChI=1S/C9H8N4OS/c1-6(7-3-2-4-15-7)9(14)11-8-5-10-13-12-8/h2-5H,1H2,(H2,10,11,12,13,14)/p+1. The zero-order valence-electron chi connectivity index (χ0n) is 7.78. The number of hydrogen-bond donors (Lipinski definition) is 2. The van der Waals surface area contributed by atoms with E-state index in [2.05, 4.69) is 27.3 Å². The van der Waals surface area contributed by atoms with Gasteiger partial charge in [-0.25, -0.2) is 0 Å². The number of carbonyl (C=O) groups excluding carboxylic acids is 1. The number of nitrogens with zero attached hydrogens (tertiary/aromatic N) is 1. The number of anilines is 1. The van der Waals surface area contributed by atoms with Crippen molar-refractivity contribution in [3.63, 3.8) is 0 Å². The first-order valence-electron chi connectivity index (χ1n) is 4.23. The van der Waals surface area contributed by atoms with Gasteiger partial charge in [0.1, 0.15) is 0 Å². The number of carbonyl (C=O) groups is 1. The van der Waals surface area contributed by atoms with E-state index in [4.69, 9.17) is 0 Å². The summed E-state index contributed by atoms with van der Waals surface area (Å²) in [6.07, 6.45) is 1.56. The van der Waals surface area contributed by atoms with Gasteiger partial charge < -0.3 is 0 Å².